The van der Waals surface area contributed by atoms with Crippen molar-refractivity contribution in [1.82, 2.24) is 4.72 Å². The van der Waals surface area contributed by atoms with E-state index in [4.69, 9.17) is 10.8 Å². The smallest absolute Gasteiger partial charge is 0.254 e. The summed E-state index contributed by atoms with van der Waals surface area (Å²) in [6, 6.07) is 0. The van der Waals surface area contributed by atoms with E-state index in [0.717, 1.165) is 0 Å². The molecule has 6 nitrogen and oxygen atoms in total. The zero-order valence-electron chi connectivity index (χ0n) is 9.35. The molecule has 0 heterocycles. The number of hydrogen-bond acceptors (Lipinski definition) is 5. The summed E-state index contributed by atoms with van der Waals surface area (Å²) in [6.07, 6.45) is 2.69. The molecule has 2 saturated carbocycles. The summed E-state index contributed by atoms with van der Waals surface area (Å²) >= 11 is 0. The number of carbonyl (C=O) groups excluding carboxylic acids is 1. The summed E-state index contributed by atoms with van der Waals surface area (Å²) < 4.78 is 24.5. The van der Waals surface area contributed by atoms with Crippen LogP contribution in [0.25, 0.3) is 0 Å². The van der Waals surface area contributed by atoms with Gasteiger partial charge in [0.1, 0.15) is 10.3 Å². The Balaban J connectivity index is 2.08. The molecule has 2 atom stereocenters. The average Bonchev–Trinajstić information content (AvgIpc) is 3.11. The molecular weight excluding hydrogens is 244 g/mol. The highest BCUT2D eigenvalue weighted by Gasteiger charge is 2.60. The quantitative estimate of drug-likeness (QED) is 0.541. The molecule has 0 saturated heterocycles. The predicted octanol–water partition coefficient (Wildman–Crippen LogP) is -1.14. The molecule has 0 aromatic rings. The van der Waals surface area contributed by atoms with Crippen molar-refractivity contribution in [3.8, 4) is 0 Å². The maximum atomic E-state index is 11.9. The molecule has 2 aliphatic rings. The van der Waals surface area contributed by atoms with E-state index < -0.39 is 32.8 Å². The van der Waals surface area contributed by atoms with Crippen molar-refractivity contribution in [2.45, 2.75) is 29.5 Å². The van der Waals surface area contributed by atoms with Crippen LogP contribution in [0.3, 0.4) is 0 Å². The first-order valence-corrected chi connectivity index (χ1v) is 6.89. The zero-order valence-corrected chi connectivity index (χ0v) is 10.2. The van der Waals surface area contributed by atoms with Crippen LogP contribution in [-0.4, -0.2) is 36.3 Å². The lowest BCUT2D eigenvalue weighted by atomic mass is 10.2. The Morgan fingerprint density at radius 2 is 2.18 bits per heavy atom. The molecule has 0 aromatic carbocycles. The Labute approximate surface area is 99.9 Å². The lowest BCUT2D eigenvalue weighted by Gasteiger charge is -2.17. The number of aliphatic hydroxyl groups excluding tert-OH is 1. The monoisotopic (exact) mass is 260 g/mol. The van der Waals surface area contributed by atoms with Crippen LogP contribution in [0.5, 0.6) is 0 Å². The van der Waals surface area contributed by atoms with Gasteiger partial charge in [-0.15, -0.1) is 6.58 Å². The van der Waals surface area contributed by atoms with E-state index in [9.17, 15) is 13.2 Å². The van der Waals surface area contributed by atoms with Crippen LogP contribution in [0, 0.1) is 5.92 Å². The van der Waals surface area contributed by atoms with Crippen LogP contribution < -0.4 is 10.5 Å². The van der Waals surface area contributed by atoms with Crippen molar-refractivity contribution in [2.75, 3.05) is 6.61 Å². The zero-order chi connectivity index (χ0) is 12.9. The van der Waals surface area contributed by atoms with Crippen molar-refractivity contribution in [3.63, 3.8) is 0 Å². The molecule has 1 amide bonds. The van der Waals surface area contributed by atoms with E-state index >= 15 is 0 Å². The summed E-state index contributed by atoms with van der Waals surface area (Å²) in [6.45, 7) is 3.05. The molecule has 4 N–H and O–H groups in total. The third-order valence-electron chi connectivity index (χ3n) is 3.66. The largest absolute Gasteiger partial charge is 0.395 e. The lowest BCUT2D eigenvalue weighted by molar-refractivity contribution is -0.121. The van der Waals surface area contributed by atoms with Gasteiger partial charge in [-0.3, -0.25) is 9.52 Å². The molecule has 2 rings (SSSR count). The van der Waals surface area contributed by atoms with Gasteiger partial charge in [0.2, 0.25) is 10.0 Å². The normalized spacial score (nSPS) is 33.9. The van der Waals surface area contributed by atoms with Crippen molar-refractivity contribution in [2.24, 2.45) is 11.7 Å². The second kappa shape index (κ2) is 3.54. The Bertz CT molecular complexity index is 469. The third kappa shape index (κ3) is 1.78. The van der Waals surface area contributed by atoms with Crippen LogP contribution in [0.2, 0.25) is 0 Å². The van der Waals surface area contributed by atoms with E-state index in [1.54, 1.807) is 6.08 Å². The second-order valence-corrected chi connectivity index (χ2v) is 6.94. The number of aliphatic hydroxyl groups is 1. The minimum Gasteiger partial charge on any atom is -0.395 e. The van der Waals surface area contributed by atoms with Crippen LogP contribution in [-0.2, 0) is 14.8 Å². The van der Waals surface area contributed by atoms with Gasteiger partial charge in [-0.25, -0.2) is 8.42 Å². The molecule has 0 aromatic heterocycles. The number of nitrogens with two attached hydrogens (primary N) is 1. The summed E-state index contributed by atoms with van der Waals surface area (Å²) in [4.78, 5) is 11.8. The predicted molar refractivity (Wildman–Crippen MR) is 61.3 cm³/mol. The number of hydrogen-bond donors (Lipinski definition) is 3. The molecule has 17 heavy (non-hydrogen) atoms. The summed E-state index contributed by atoms with van der Waals surface area (Å²) in [5, 5.41) is 9.04. The van der Waals surface area contributed by atoms with Crippen molar-refractivity contribution < 1.29 is 18.3 Å². The summed E-state index contributed by atoms with van der Waals surface area (Å²) in [5.41, 5.74) is 4.59. The molecule has 0 radical (unpaired) electrons. The molecular formula is C10H16N2O4S. The van der Waals surface area contributed by atoms with E-state index in [2.05, 4.69) is 6.58 Å². The first kappa shape index (κ1) is 12.5. The highest BCUT2D eigenvalue weighted by Crippen LogP contribution is 2.45. The average molecular weight is 260 g/mol. The SMILES string of the molecule is C=C[C@@H]1C[C@]1(N)C(=O)NS(=O)(=O)C1(CO)CC1. The number of sulfonamides is 1. The van der Waals surface area contributed by atoms with Crippen LogP contribution >= 0.6 is 0 Å². The van der Waals surface area contributed by atoms with Gasteiger partial charge in [0, 0.05) is 5.92 Å². The van der Waals surface area contributed by atoms with Gasteiger partial charge in [0.15, 0.2) is 0 Å². The molecule has 7 heteroatoms. The first-order valence-electron chi connectivity index (χ1n) is 5.40. The fourth-order valence-electron chi connectivity index (χ4n) is 1.84. The van der Waals surface area contributed by atoms with E-state index in [-0.39, 0.29) is 5.92 Å². The van der Waals surface area contributed by atoms with Crippen molar-refractivity contribution >= 4 is 15.9 Å². The van der Waals surface area contributed by atoms with E-state index in [1.807, 2.05) is 4.72 Å². The van der Waals surface area contributed by atoms with Crippen molar-refractivity contribution in [1.29, 1.82) is 0 Å². The Kier molecular flexibility index (Phi) is 2.61. The first-order chi connectivity index (χ1) is 7.81. The third-order valence-corrected chi connectivity index (χ3v) is 5.79. The Morgan fingerprint density at radius 3 is 2.53 bits per heavy atom. The summed E-state index contributed by atoms with van der Waals surface area (Å²) in [7, 11) is -3.84. The number of amides is 1. The maximum absolute atomic E-state index is 11.9. The highest BCUT2D eigenvalue weighted by molar-refractivity contribution is 7.91. The molecule has 0 aliphatic heterocycles. The standard InChI is InChI=1S/C10H16N2O4S/c1-2-7-5-10(7,11)8(14)12-17(15,16)9(6-13)3-4-9/h2,7,13H,1,3-6,11H2,(H,12,14)/t7-,10-/m1/s1. The minimum absolute atomic E-state index is 0.179. The number of rotatable bonds is 5. The van der Waals surface area contributed by atoms with Crippen molar-refractivity contribution in [3.05, 3.63) is 12.7 Å². The van der Waals surface area contributed by atoms with E-state index in [1.165, 1.54) is 0 Å². The molecule has 0 bridgehead atoms. The van der Waals surface area contributed by atoms with Crippen LogP contribution in [0.15, 0.2) is 12.7 Å². The van der Waals surface area contributed by atoms with Gasteiger partial charge in [0.05, 0.1) is 6.61 Å². The van der Waals surface area contributed by atoms with Gasteiger partial charge in [-0.1, -0.05) is 6.08 Å². The second-order valence-electron chi connectivity index (χ2n) is 4.86. The van der Waals surface area contributed by atoms with Crippen LogP contribution in [0.1, 0.15) is 19.3 Å². The number of carbonyl (C=O) groups is 1. The molecule has 0 unspecified atom stereocenters. The minimum atomic E-state index is -3.84. The van der Waals surface area contributed by atoms with Crippen LogP contribution in [0.4, 0.5) is 0 Å². The lowest BCUT2D eigenvalue weighted by Crippen LogP contribution is -2.50. The van der Waals surface area contributed by atoms with Gasteiger partial charge in [-0.05, 0) is 19.3 Å². The Hall–Kier alpha value is -0.920. The number of nitrogens with one attached hydrogen (secondary N) is 1. The molecule has 0 spiro atoms. The van der Waals surface area contributed by atoms with Gasteiger partial charge >= 0.3 is 0 Å². The molecule has 2 fully saturated rings. The molecule has 96 valence electrons. The van der Waals surface area contributed by atoms with E-state index in [0.29, 0.717) is 19.3 Å². The topological polar surface area (TPSA) is 109 Å². The fourth-order valence-corrected chi connectivity index (χ4v) is 3.30. The van der Waals surface area contributed by atoms with Gasteiger partial charge in [-0.2, -0.15) is 0 Å². The summed E-state index contributed by atoms with van der Waals surface area (Å²) in [5.74, 6) is -0.885. The Morgan fingerprint density at radius 1 is 1.59 bits per heavy atom. The molecule has 2 aliphatic carbocycles. The van der Waals surface area contributed by atoms with Gasteiger partial charge < -0.3 is 10.8 Å². The fraction of sp³-hybridized carbons (Fsp3) is 0.700. The maximum Gasteiger partial charge on any atom is 0.254 e. The van der Waals surface area contributed by atoms with Gasteiger partial charge in [0.25, 0.3) is 5.91 Å². The highest BCUT2D eigenvalue weighted by atomic mass is 32.2.